The third kappa shape index (κ3) is 7.53. The van der Waals surface area contributed by atoms with Crippen LogP contribution in [0.5, 0.6) is 0 Å². The quantitative estimate of drug-likeness (QED) is 0.557. The van der Waals surface area contributed by atoms with Crippen LogP contribution in [0.1, 0.15) is 53.9 Å². The number of nitrogens with zero attached hydrogens (tertiary/aromatic N) is 2. The minimum atomic E-state index is 0.0983. The van der Waals surface area contributed by atoms with Gasteiger partial charge in [0, 0.05) is 32.8 Å². The van der Waals surface area contributed by atoms with Crippen molar-refractivity contribution >= 4 is 5.96 Å². The smallest absolute Gasteiger partial charge is 0.191 e. The van der Waals surface area contributed by atoms with Crippen LogP contribution in [0.3, 0.4) is 0 Å². The van der Waals surface area contributed by atoms with Gasteiger partial charge in [-0.1, -0.05) is 27.7 Å². The molecule has 0 spiro atoms. The van der Waals surface area contributed by atoms with E-state index in [4.69, 9.17) is 9.73 Å². The van der Waals surface area contributed by atoms with Crippen molar-refractivity contribution in [1.29, 1.82) is 0 Å². The molecule has 23 heavy (non-hydrogen) atoms. The second kappa shape index (κ2) is 10.1. The van der Waals surface area contributed by atoms with E-state index in [0.717, 1.165) is 12.5 Å². The molecule has 1 aliphatic rings. The van der Waals surface area contributed by atoms with E-state index >= 15 is 0 Å². The highest BCUT2D eigenvalue weighted by Gasteiger charge is 2.24. The number of ether oxygens (including phenoxy) is 1. The standard InChI is InChI=1S/C18H38N4O/c1-7-11-22-12-9-15(10-13-22)21-17(19-8-2)20-14-16(23-6)18(3,4)5/h15-16H,7-14H2,1-6H3,(H2,19,20,21). The number of likely N-dealkylation sites (tertiary alicyclic amines) is 1. The maximum absolute atomic E-state index is 5.60. The molecule has 1 unspecified atom stereocenters. The summed E-state index contributed by atoms with van der Waals surface area (Å²) in [4.78, 5) is 7.31. The van der Waals surface area contributed by atoms with E-state index in [1.807, 2.05) is 0 Å². The highest BCUT2D eigenvalue weighted by Crippen LogP contribution is 2.21. The Morgan fingerprint density at radius 3 is 2.39 bits per heavy atom. The van der Waals surface area contributed by atoms with E-state index in [9.17, 15) is 0 Å². The topological polar surface area (TPSA) is 48.9 Å². The first-order valence-corrected chi connectivity index (χ1v) is 9.20. The molecule has 1 rings (SSSR count). The molecule has 5 nitrogen and oxygen atoms in total. The Labute approximate surface area is 143 Å². The summed E-state index contributed by atoms with van der Waals surface area (Å²) >= 11 is 0. The van der Waals surface area contributed by atoms with Crippen LogP contribution in [-0.4, -0.2) is 62.8 Å². The first-order valence-electron chi connectivity index (χ1n) is 9.20. The molecule has 136 valence electrons. The third-order valence-electron chi connectivity index (χ3n) is 4.48. The van der Waals surface area contributed by atoms with Crippen molar-refractivity contribution in [2.45, 2.75) is 66.0 Å². The Morgan fingerprint density at radius 2 is 1.91 bits per heavy atom. The summed E-state index contributed by atoms with van der Waals surface area (Å²) in [5, 5.41) is 6.97. The molecule has 5 heteroatoms. The SMILES string of the molecule is CCCN1CCC(NC(=NCC(OC)C(C)(C)C)NCC)CC1. The van der Waals surface area contributed by atoms with E-state index in [1.54, 1.807) is 7.11 Å². The first kappa shape index (κ1) is 20.2. The molecule has 0 aliphatic carbocycles. The van der Waals surface area contributed by atoms with Crippen LogP contribution >= 0.6 is 0 Å². The van der Waals surface area contributed by atoms with Crippen molar-refractivity contribution in [1.82, 2.24) is 15.5 Å². The first-order chi connectivity index (χ1) is 10.9. The Kier molecular flexibility index (Phi) is 8.92. The van der Waals surface area contributed by atoms with Gasteiger partial charge in [-0.3, -0.25) is 4.99 Å². The lowest BCUT2D eigenvalue weighted by molar-refractivity contribution is 0.0241. The molecule has 0 saturated carbocycles. The summed E-state index contributed by atoms with van der Waals surface area (Å²) in [5.74, 6) is 0.924. The zero-order chi connectivity index (χ0) is 17.3. The molecule has 1 saturated heterocycles. The van der Waals surface area contributed by atoms with E-state index in [-0.39, 0.29) is 11.5 Å². The maximum Gasteiger partial charge on any atom is 0.191 e. The normalized spacial score (nSPS) is 19.7. The van der Waals surface area contributed by atoms with Gasteiger partial charge in [-0.05, 0) is 38.1 Å². The molecule has 1 heterocycles. The van der Waals surface area contributed by atoms with Gasteiger partial charge in [0.2, 0.25) is 0 Å². The number of hydrogen-bond donors (Lipinski definition) is 2. The summed E-state index contributed by atoms with van der Waals surface area (Å²) in [6, 6.07) is 0.525. The van der Waals surface area contributed by atoms with Crippen LogP contribution in [0, 0.1) is 5.41 Å². The summed E-state index contributed by atoms with van der Waals surface area (Å²) in [6.45, 7) is 16.1. The van der Waals surface area contributed by atoms with E-state index in [1.165, 1.54) is 38.9 Å². The second-order valence-electron chi connectivity index (χ2n) is 7.57. The Balaban J connectivity index is 2.53. The number of methoxy groups -OCH3 is 1. The number of hydrogen-bond acceptors (Lipinski definition) is 3. The van der Waals surface area contributed by atoms with E-state index in [0.29, 0.717) is 12.6 Å². The zero-order valence-electron chi connectivity index (χ0n) is 16.1. The Morgan fingerprint density at radius 1 is 1.26 bits per heavy atom. The van der Waals surface area contributed by atoms with Crippen LogP contribution in [-0.2, 0) is 4.74 Å². The molecule has 0 aromatic heterocycles. The second-order valence-corrected chi connectivity index (χ2v) is 7.57. The van der Waals surface area contributed by atoms with Crippen molar-refractivity contribution in [3.8, 4) is 0 Å². The molecule has 0 amide bonds. The van der Waals surface area contributed by atoms with Gasteiger partial charge in [-0.25, -0.2) is 0 Å². The van der Waals surface area contributed by atoms with Crippen LogP contribution < -0.4 is 10.6 Å². The van der Waals surface area contributed by atoms with Gasteiger partial charge in [0.15, 0.2) is 5.96 Å². The van der Waals surface area contributed by atoms with Gasteiger partial charge in [0.1, 0.15) is 0 Å². The minimum absolute atomic E-state index is 0.0983. The lowest BCUT2D eigenvalue weighted by atomic mass is 9.89. The van der Waals surface area contributed by atoms with Gasteiger partial charge in [-0.2, -0.15) is 0 Å². The molecule has 0 bridgehead atoms. The molecule has 0 aromatic carbocycles. The molecule has 1 fully saturated rings. The van der Waals surface area contributed by atoms with Gasteiger partial charge in [0.05, 0.1) is 12.6 Å². The van der Waals surface area contributed by atoms with E-state index < -0.39 is 0 Å². The van der Waals surface area contributed by atoms with Crippen LogP contribution in [0.25, 0.3) is 0 Å². The summed E-state index contributed by atoms with van der Waals surface area (Å²) < 4.78 is 5.60. The highest BCUT2D eigenvalue weighted by molar-refractivity contribution is 5.80. The average Bonchev–Trinajstić information content (AvgIpc) is 2.49. The maximum atomic E-state index is 5.60. The molecule has 0 aromatic rings. The molecular formula is C18H38N4O. The van der Waals surface area contributed by atoms with Crippen LogP contribution in [0.4, 0.5) is 0 Å². The Bertz CT molecular complexity index is 343. The summed E-state index contributed by atoms with van der Waals surface area (Å²) in [6.07, 6.45) is 3.76. The fourth-order valence-electron chi connectivity index (χ4n) is 3.01. The molecule has 2 N–H and O–H groups in total. The molecular weight excluding hydrogens is 288 g/mol. The van der Waals surface area contributed by atoms with Gasteiger partial charge < -0.3 is 20.3 Å². The molecule has 1 atom stereocenters. The number of rotatable bonds is 7. The van der Waals surface area contributed by atoms with Gasteiger partial charge >= 0.3 is 0 Å². The lowest BCUT2D eigenvalue weighted by Gasteiger charge is -2.33. The molecule has 1 aliphatic heterocycles. The third-order valence-corrected chi connectivity index (χ3v) is 4.48. The van der Waals surface area contributed by atoms with Crippen LogP contribution in [0.2, 0.25) is 0 Å². The van der Waals surface area contributed by atoms with Crippen molar-refractivity contribution < 1.29 is 4.74 Å². The van der Waals surface area contributed by atoms with E-state index in [2.05, 4.69) is 50.2 Å². The highest BCUT2D eigenvalue weighted by atomic mass is 16.5. The lowest BCUT2D eigenvalue weighted by Crippen LogP contribution is -2.49. The largest absolute Gasteiger partial charge is 0.379 e. The van der Waals surface area contributed by atoms with Gasteiger partial charge in [0.25, 0.3) is 0 Å². The predicted octanol–water partition coefficient (Wildman–Crippen LogP) is 2.48. The zero-order valence-corrected chi connectivity index (χ0v) is 16.1. The van der Waals surface area contributed by atoms with Crippen LogP contribution in [0.15, 0.2) is 4.99 Å². The Hall–Kier alpha value is -0.810. The van der Waals surface area contributed by atoms with Crippen molar-refractivity contribution in [3.05, 3.63) is 0 Å². The minimum Gasteiger partial charge on any atom is -0.379 e. The number of piperidine rings is 1. The molecule has 0 radical (unpaired) electrons. The van der Waals surface area contributed by atoms with Gasteiger partial charge in [-0.15, -0.1) is 0 Å². The monoisotopic (exact) mass is 326 g/mol. The summed E-state index contributed by atoms with van der Waals surface area (Å²) in [7, 11) is 1.77. The van der Waals surface area contributed by atoms with Crippen molar-refractivity contribution in [3.63, 3.8) is 0 Å². The number of aliphatic imine (C=N–C) groups is 1. The fraction of sp³-hybridized carbons (Fsp3) is 0.944. The fourth-order valence-corrected chi connectivity index (χ4v) is 3.01. The van der Waals surface area contributed by atoms with Crippen molar-refractivity contribution in [2.75, 3.05) is 39.8 Å². The van der Waals surface area contributed by atoms with Crippen molar-refractivity contribution in [2.24, 2.45) is 10.4 Å². The number of nitrogens with one attached hydrogen (secondary N) is 2. The number of guanidine groups is 1. The average molecular weight is 327 g/mol. The summed E-state index contributed by atoms with van der Waals surface area (Å²) in [5.41, 5.74) is 0.0983. The predicted molar refractivity (Wildman–Crippen MR) is 99.1 cm³/mol.